The standard InChI is InChI=1S/C24H34O2/c1-20(2)13-14-22-15-17-23(18-16-22)26-24(3,4)25-19-9-8-12-21-10-6-5-7-11-21/h5-7,10-11,15-18,20H,8-9,12-14,19H2,1-4H3. The highest BCUT2D eigenvalue weighted by molar-refractivity contribution is 5.27. The number of ether oxygens (including phenoxy) is 2. The zero-order valence-electron chi connectivity index (χ0n) is 16.8. The van der Waals surface area contributed by atoms with Crippen LogP contribution < -0.4 is 4.74 Å². The van der Waals surface area contributed by atoms with E-state index in [0.29, 0.717) is 6.61 Å². The first kappa shape index (κ1) is 20.5. The van der Waals surface area contributed by atoms with Gasteiger partial charge >= 0.3 is 0 Å². The van der Waals surface area contributed by atoms with Gasteiger partial charge in [0.1, 0.15) is 5.75 Å². The van der Waals surface area contributed by atoms with Crippen molar-refractivity contribution in [3.8, 4) is 5.75 Å². The van der Waals surface area contributed by atoms with E-state index in [1.807, 2.05) is 13.8 Å². The molecule has 0 N–H and O–H groups in total. The van der Waals surface area contributed by atoms with Gasteiger partial charge in [0.15, 0.2) is 0 Å². The molecule has 0 amide bonds. The Morgan fingerprint density at radius 1 is 0.808 bits per heavy atom. The molecule has 142 valence electrons. The topological polar surface area (TPSA) is 18.5 Å². The van der Waals surface area contributed by atoms with E-state index in [2.05, 4.69) is 68.4 Å². The maximum Gasteiger partial charge on any atom is 0.204 e. The molecule has 2 rings (SSSR count). The number of aryl methyl sites for hydroxylation is 2. The second kappa shape index (κ2) is 10.4. The van der Waals surface area contributed by atoms with Gasteiger partial charge in [0.25, 0.3) is 0 Å². The Morgan fingerprint density at radius 3 is 2.12 bits per heavy atom. The highest BCUT2D eigenvalue weighted by atomic mass is 16.7. The van der Waals surface area contributed by atoms with Gasteiger partial charge in [0.05, 0.1) is 6.61 Å². The Morgan fingerprint density at radius 2 is 1.46 bits per heavy atom. The molecule has 0 bridgehead atoms. The predicted molar refractivity (Wildman–Crippen MR) is 110 cm³/mol. The van der Waals surface area contributed by atoms with E-state index in [1.165, 1.54) is 17.5 Å². The van der Waals surface area contributed by atoms with Gasteiger partial charge in [-0.3, -0.25) is 0 Å². The van der Waals surface area contributed by atoms with Gasteiger partial charge < -0.3 is 9.47 Å². The molecule has 0 saturated heterocycles. The lowest BCUT2D eigenvalue weighted by atomic mass is 10.0. The van der Waals surface area contributed by atoms with Gasteiger partial charge in [0.2, 0.25) is 5.79 Å². The van der Waals surface area contributed by atoms with Crippen molar-refractivity contribution in [1.82, 2.24) is 0 Å². The number of unbranched alkanes of at least 4 members (excludes halogenated alkanes) is 1. The zero-order chi connectivity index (χ0) is 18.8. The van der Waals surface area contributed by atoms with Crippen molar-refractivity contribution in [1.29, 1.82) is 0 Å². The lowest BCUT2D eigenvalue weighted by Crippen LogP contribution is -2.32. The Labute approximate surface area is 159 Å². The van der Waals surface area contributed by atoms with Gasteiger partial charge in [-0.2, -0.15) is 0 Å². The number of hydrogen-bond donors (Lipinski definition) is 0. The van der Waals surface area contributed by atoms with Crippen LogP contribution in [0, 0.1) is 5.92 Å². The molecule has 2 aromatic carbocycles. The molecular weight excluding hydrogens is 320 g/mol. The van der Waals surface area contributed by atoms with Gasteiger partial charge in [-0.05, 0) is 61.3 Å². The molecule has 2 aromatic rings. The van der Waals surface area contributed by atoms with Crippen LogP contribution in [0.4, 0.5) is 0 Å². The maximum atomic E-state index is 6.03. The van der Waals surface area contributed by atoms with Crippen molar-refractivity contribution in [2.45, 2.75) is 65.6 Å². The first-order valence-electron chi connectivity index (χ1n) is 9.90. The van der Waals surface area contributed by atoms with Crippen LogP contribution >= 0.6 is 0 Å². The van der Waals surface area contributed by atoms with Crippen LogP contribution in [-0.2, 0) is 17.6 Å². The Kier molecular flexibility index (Phi) is 8.18. The summed E-state index contributed by atoms with van der Waals surface area (Å²) in [7, 11) is 0. The summed E-state index contributed by atoms with van der Waals surface area (Å²) in [6, 6.07) is 19.0. The van der Waals surface area contributed by atoms with Crippen LogP contribution in [0.25, 0.3) is 0 Å². The fraction of sp³-hybridized carbons (Fsp3) is 0.500. The Bertz CT molecular complexity index is 614. The smallest absolute Gasteiger partial charge is 0.204 e. The minimum absolute atomic E-state index is 0.605. The van der Waals surface area contributed by atoms with Crippen LogP contribution in [0.15, 0.2) is 54.6 Å². The molecule has 0 aromatic heterocycles. The number of hydrogen-bond acceptors (Lipinski definition) is 2. The molecule has 0 fully saturated rings. The third-order valence-corrected chi connectivity index (χ3v) is 4.45. The van der Waals surface area contributed by atoms with Crippen LogP contribution in [-0.4, -0.2) is 12.4 Å². The number of benzene rings is 2. The van der Waals surface area contributed by atoms with Gasteiger partial charge in [-0.1, -0.05) is 56.3 Å². The molecule has 0 spiro atoms. The summed E-state index contributed by atoms with van der Waals surface area (Å²) in [5, 5.41) is 0. The summed E-state index contributed by atoms with van der Waals surface area (Å²) >= 11 is 0. The third kappa shape index (κ3) is 8.05. The largest absolute Gasteiger partial charge is 0.463 e. The quantitative estimate of drug-likeness (QED) is 0.342. The number of rotatable bonds is 11. The first-order chi connectivity index (χ1) is 12.4. The summed E-state index contributed by atoms with van der Waals surface area (Å²) in [6.45, 7) is 9.20. The van der Waals surface area contributed by atoms with E-state index in [0.717, 1.165) is 37.4 Å². The molecule has 0 saturated carbocycles. The van der Waals surface area contributed by atoms with E-state index < -0.39 is 5.79 Å². The molecule has 0 heterocycles. The van der Waals surface area contributed by atoms with Crippen LogP contribution in [0.1, 0.15) is 58.1 Å². The fourth-order valence-corrected chi connectivity index (χ4v) is 2.89. The predicted octanol–water partition coefficient (Wildman–Crippen LogP) is 6.43. The van der Waals surface area contributed by atoms with Gasteiger partial charge in [-0.15, -0.1) is 0 Å². The van der Waals surface area contributed by atoms with Crippen molar-refractivity contribution >= 4 is 0 Å². The van der Waals surface area contributed by atoms with Crippen LogP contribution in [0.3, 0.4) is 0 Å². The Hall–Kier alpha value is -1.80. The van der Waals surface area contributed by atoms with E-state index in [1.54, 1.807) is 0 Å². The van der Waals surface area contributed by atoms with Crippen molar-refractivity contribution in [3.05, 3.63) is 65.7 Å². The first-order valence-corrected chi connectivity index (χ1v) is 9.90. The molecule has 2 heteroatoms. The van der Waals surface area contributed by atoms with Crippen molar-refractivity contribution < 1.29 is 9.47 Å². The molecule has 0 atom stereocenters. The maximum absolute atomic E-state index is 6.03. The monoisotopic (exact) mass is 354 g/mol. The summed E-state index contributed by atoms with van der Waals surface area (Å²) in [6.07, 6.45) is 5.61. The second-order valence-electron chi connectivity index (χ2n) is 7.87. The highest BCUT2D eigenvalue weighted by Gasteiger charge is 2.20. The molecular formula is C24H34O2. The van der Waals surface area contributed by atoms with E-state index in [9.17, 15) is 0 Å². The Balaban J connectivity index is 1.68. The van der Waals surface area contributed by atoms with Gasteiger partial charge in [-0.25, -0.2) is 0 Å². The summed E-state index contributed by atoms with van der Waals surface area (Å²) < 4.78 is 12.0. The SMILES string of the molecule is CC(C)CCc1ccc(OC(C)(C)OCCCCc2ccccc2)cc1. The second-order valence-corrected chi connectivity index (χ2v) is 7.87. The van der Waals surface area contributed by atoms with Crippen LogP contribution in [0.5, 0.6) is 5.75 Å². The summed E-state index contributed by atoms with van der Waals surface area (Å²) in [4.78, 5) is 0. The lowest BCUT2D eigenvalue weighted by molar-refractivity contribution is -0.156. The van der Waals surface area contributed by atoms with Gasteiger partial charge in [0, 0.05) is 13.8 Å². The van der Waals surface area contributed by atoms with E-state index in [-0.39, 0.29) is 0 Å². The normalized spacial score (nSPS) is 11.7. The summed E-state index contributed by atoms with van der Waals surface area (Å²) in [5.74, 6) is 0.999. The molecule has 0 aliphatic heterocycles. The molecule has 0 radical (unpaired) electrons. The van der Waals surface area contributed by atoms with E-state index in [4.69, 9.17) is 9.47 Å². The fourth-order valence-electron chi connectivity index (χ4n) is 2.89. The van der Waals surface area contributed by atoms with Crippen LogP contribution in [0.2, 0.25) is 0 Å². The molecule has 2 nitrogen and oxygen atoms in total. The molecule has 0 aliphatic carbocycles. The highest BCUT2D eigenvalue weighted by Crippen LogP contribution is 2.21. The third-order valence-electron chi connectivity index (χ3n) is 4.45. The van der Waals surface area contributed by atoms with E-state index >= 15 is 0 Å². The molecule has 0 aliphatic rings. The van der Waals surface area contributed by atoms with Crippen molar-refractivity contribution in [2.75, 3.05) is 6.61 Å². The molecule has 0 unspecified atom stereocenters. The van der Waals surface area contributed by atoms with Crippen molar-refractivity contribution in [2.24, 2.45) is 5.92 Å². The minimum atomic E-state index is -0.605. The minimum Gasteiger partial charge on any atom is -0.463 e. The average Bonchev–Trinajstić information content (AvgIpc) is 2.61. The summed E-state index contributed by atoms with van der Waals surface area (Å²) in [5.41, 5.74) is 2.76. The zero-order valence-corrected chi connectivity index (χ0v) is 16.8. The molecule has 26 heavy (non-hydrogen) atoms. The average molecular weight is 355 g/mol. The lowest BCUT2D eigenvalue weighted by Gasteiger charge is -2.27. The van der Waals surface area contributed by atoms with Crippen molar-refractivity contribution in [3.63, 3.8) is 0 Å².